The van der Waals surface area contributed by atoms with Crippen LogP contribution in [0, 0.1) is 0 Å². The lowest BCUT2D eigenvalue weighted by atomic mass is 10.1. The number of aromatic nitrogens is 4. The fourth-order valence-corrected chi connectivity index (χ4v) is 3.22. The van der Waals surface area contributed by atoms with Crippen molar-refractivity contribution < 1.29 is 13.2 Å². The van der Waals surface area contributed by atoms with Gasteiger partial charge in [0.25, 0.3) is 0 Å². The Balaban J connectivity index is 1.51. The zero-order chi connectivity index (χ0) is 19.0. The average molecular weight is 373 g/mol. The number of halogens is 3. The molecule has 4 rings (SSSR count). The van der Waals surface area contributed by atoms with Gasteiger partial charge in [-0.1, -0.05) is 12.1 Å². The Kier molecular flexibility index (Phi) is 4.43. The van der Waals surface area contributed by atoms with Crippen molar-refractivity contribution in [3.63, 3.8) is 0 Å². The first-order chi connectivity index (χ1) is 12.9. The highest BCUT2D eigenvalue weighted by atomic mass is 19.4. The van der Waals surface area contributed by atoms with Crippen molar-refractivity contribution in [2.24, 2.45) is 7.05 Å². The summed E-state index contributed by atoms with van der Waals surface area (Å²) in [4.78, 5) is 15.4. The van der Waals surface area contributed by atoms with Crippen LogP contribution in [0.4, 0.5) is 13.2 Å². The Labute approximate surface area is 154 Å². The van der Waals surface area contributed by atoms with Gasteiger partial charge in [-0.25, -0.2) is 15.0 Å². The molecule has 0 saturated heterocycles. The van der Waals surface area contributed by atoms with Gasteiger partial charge in [0.1, 0.15) is 0 Å². The largest absolute Gasteiger partial charge is 0.416 e. The highest BCUT2D eigenvalue weighted by Gasteiger charge is 2.30. The highest BCUT2D eigenvalue weighted by Crippen LogP contribution is 2.30. The summed E-state index contributed by atoms with van der Waals surface area (Å²) >= 11 is 0. The third-order valence-corrected chi connectivity index (χ3v) is 4.79. The molecule has 140 valence electrons. The normalized spacial score (nSPS) is 15.0. The Morgan fingerprint density at radius 3 is 2.56 bits per heavy atom. The minimum absolute atomic E-state index is 0.461. The molecule has 1 aliphatic rings. The number of alkyl halides is 3. The van der Waals surface area contributed by atoms with E-state index in [1.165, 1.54) is 12.1 Å². The third kappa shape index (κ3) is 3.71. The summed E-state index contributed by atoms with van der Waals surface area (Å²) in [6, 6.07) is 4.96. The first-order valence-corrected chi connectivity index (χ1v) is 8.60. The van der Waals surface area contributed by atoms with Crippen molar-refractivity contribution in [2.45, 2.75) is 25.7 Å². The molecule has 0 fully saturated rings. The number of hydrogen-bond acceptors (Lipinski definition) is 4. The van der Waals surface area contributed by atoms with E-state index >= 15 is 0 Å². The molecule has 27 heavy (non-hydrogen) atoms. The number of imidazole rings is 1. The van der Waals surface area contributed by atoms with Crippen LogP contribution in [0.15, 0.2) is 43.0 Å². The maximum Gasteiger partial charge on any atom is 0.416 e. The molecule has 8 heteroatoms. The lowest BCUT2D eigenvalue weighted by Gasteiger charge is -2.28. The molecule has 5 nitrogen and oxygen atoms in total. The fraction of sp³-hybridized carbons (Fsp3) is 0.316. The van der Waals surface area contributed by atoms with E-state index in [0.29, 0.717) is 11.4 Å². The molecular weight excluding hydrogens is 355 g/mol. The molecule has 0 aliphatic carbocycles. The van der Waals surface area contributed by atoms with Crippen molar-refractivity contribution in [3.05, 3.63) is 65.5 Å². The van der Waals surface area contributed by atoms with Crippen LogP contribution in [-0.2, 0) is 32.7 Å². The summed E-state index contributed by atoms with van der Waals surface area (Å²) in [5.74, 6) is 0.461. The van der Waals surface area contributed by atoms with E-state index in [4.69, 9.17) is 0 Å². The van der Waals surface area contributed by atoms with E-state index in [-0.39, 0.29) is 0 Å². The van der Waals surface area contributed by atoms with Crippen LogP contribution in [0.2, 0.25) is 0 Å². The Morgan fingerprint density at radius 1 is 1.11 bits per heavy atom. The minimum atomic E-state index is -4.34. The zero-order valence-electron chi connectivity index (χ0n) is 14.7. The predicted molar refractivity (Wildman–Crippen MR) is 93.5 cm³/mol. The quantitative estimate of drug-likeness (QED) is 0.706. The van der Waals surface area contributed by atoms with Gasteiger partial charge in [0, 0.05) is 56.6 Å². The summed E-state index contributed by atoms with van der Waals surface area (Å²) in [7, 11) is 1.97. The Bertz CT molecular complexity index is 947. The van der Waals surface area contributed by atoms with Crippen molar-refractivity contribution in [3.8, 4) is 11.4 Å². The zero-order valence-corrected chi connectivity index (χ0v) is 14.7. The minimum Gasteiger partial charge on any atom is -0.337 e. The van der Waals surface area contributed by atoms with Gasteiger partial charge in [0.2, 0.25) is 0 Å². The predicted octanol–water partition coefficient (Wildman–Crippen LogP) is 3.45. The Morgan fingerprint density at radius 2 is 1.89 bits per heavy atom. The monoisotopic (exact) mass is 373 g/mol. The van der Waals surface area contributed by atoms with Crippen LogP contribution >= 0.6 is 0 Å². The summed E-state index contributed by atoms with van der Waals surface area (Å²) in [5, 5.41) is 0. The second kappa shape index (κ2) is 6.77. The molecule has 0 N–H and O–H groups in total. The van der Waals surface area contributed by atoms with Crippen LogP contribution in [0.25, 0.3) is 11.4 Å². The molecule has 0 radical (unpaired) electrons. The molecule has 0 bridgehead atoms. The van der Waals surface area contributed by atoms with Crippen LogP contribution in [0.1, 0.15) is 22.5 Å². The van der Waals surface area contributed by atoms with Gasteiger partial charge in [-0.05, 0) is 12.1 Å². The van der Waals surface area contributed by atoms with E-state index in [1.54, 1.807) is 12.5 Å². The lowest BCUT2D eigenvalue weighted by Crippen LogP contribution is -2.31. The van der Waals surface area contributed by atoms with Crippen LogP contribution in [0.5, 0.6) is 0 Å². The summed E-state index contributed by atoms with van der Waals surface area (Å²) in [6.07, 6.45) is 1.87. The van der Waals surface area contributed by atoms with Gasteiger partial charge in [0.15, 0.2) is 5.82 Å². The van der Waals surface area contributed by atoms with Crippen molar-refractivity contribution in [1.82, 2.24) is 24.4 Å². The van der Waals surface area contributed by atoms with E-state index in [2.05, 4.69) is 19.9 Å². The Hall–Kier alpha value is -2.74. The second-order valence-corrected chi connectivity index (χ2v) is 6.70. The van der Waals surface area contributed by atoms with Gasteiger partial charge in [0.05, 0.1) is 23.3 Å². The first-order valence-electron chi connectivity index (χ1n) is 8.60. The molecule has 0 atom stereocenters. The highest BCUT2D eigenvalue weighted by molar-refractivity contribution is 5.56. The lowest BCUT2D eigenvalue weighted by molar-refractivity contribution is -0.137. The number of fused-ring (bicyclic) bond motifs is 1. The molecule has 1 aliphatic heterocycles. The number of benzene rings is 1. The SMILES string of the molecule is Cn1cncc1CN1CCc2nc(-c3ccc(C(F)(F)F)cc3)ncc2C1. The first kappa shape index (κ1) is 17.7. The van der Waals surface area contributed by atoms with Crippen molar-refractivity contribution in [1.29, 1.82) is 0 Å². The van der Waals surface area contributed by atoms with Gasteiger partial charge < -0.3 is 4.57 Å². The molecule has 2 aromatic heterocycles. The molecule has 1 aromatic carbocycles. The standard InChI is InChI=1S/C19H18F3N5/c1-26-12-23-9-16(26)11-27-7-6-17-14(10-27)8-24-18(25-17)13-2-4-15(5-3-13)19(20,21)22/h2-5,8-9,12H,6-7,10-11H2,1H3. The number of rotatable bonds is 3. The van der Waals surface area contributed by atoms with Crippen molar-refractivity contribution in [2.75, 3.05) is 6.54 Å². The van der Waals surface area contributed by atoms with Gasteiger partial charge in [-0.2, -0.15) is 13.2 Å². The molecule has 3 aromatic rings. The van der Waals surface area contributed by atoms with Gasteiger partial charge in [-0.3, -0.25) is 4.90 Å². The smallest absolute Gasteiger partial charge is 0.337 e. The van der Waals surface area contributed by atoms with Gasteiger partial charge >= 0.3 is 6.18 Å². The average Bonchev–Trinajstić information content (AvgIpc) is 3.05. The molecule has 0 amide bonds. The van der Waals surface area contributed by atoms with Crippen LogP contribution in [-0.4, -0.2) is 31.0 Å². The maximum atomic E-state index is 12.7. The molecule has 0 unspecified atom stereocenters. The van der Waals surface area contributed by atoms with Crippen molar-refractivity contribution >= 4 is 0 Å². The topological polar surface area (TPSA) is 46.8 Å². The third-order valence-electron chi connectivity index (χ3n) is 4.79. The molecule has 0 spiro atoms. The summed E-state index contributed by atoms with van der Waals surface area (Å²) in [6.45, 7) is 2.41. The number of hydrogen-bond donors (Lipinski definition) is 0. The van der Waals surface area contributed by atoms with E-state index < -0.39 is 11.7 Å². The molecule has 3 heterocycles. The fourth-order valence-electron chi connectivity index (χ4n) is 3.22. The van der Waals surface area contributed by atoms with E-state index in [9.17, 15) is 13.2 Å². The van der Waals surface area contributed by atoms with Gasteiger partial charge in [-0.15, -0.1) is 0 Å². The summed E-state index contributed by atoms with van der Waals surface area (Å²) in [5.41, 5.74) is 3.07. The number of aryl methyl sites for hydroxylation is 1. The molecule has 0 saturated carbocycles. The van der Waals surface area contributed by atoms with Crippen LogP contribution < -0.4 is 0 Å². The molecular formula is C19H18F3N5. The van der Waals surface area contributed by atoms with E-state index in [0.717, 1.165) is 55.1 Å². The second-order valence-electron chi connectivity index (χ2n) is 6.70. The summed E-state index contributed by atoms with van der Waals surface area (Å²) < 4.78 is 40.1. The van der Waals surface area contributed by atoms with E-state index in [1.807, 2.05) is 17.8 Å². The number of nitrogens with zero attached hydrogens (tertiary/aromatic N) is 5. The maximum absolute atomic E-state index is 12.7. The van der Waals surface area contributed by atoms with Crippen LogP contribution in [0.3, 0.4) is 0 Å².